The number of likely N-dealkylation sites (N-methyl/N-ethyl adjacent to an activating group) is 1. The molecule has 2 aromatic rings. The number of rotatable bonds is 6. The van der Waals surface area contributed by atoms with Crippen LogP contribution in [0.3, 0.4) is 0 Å². The fourth-order valence-corrected chi connectivity index (χ4v) is 2.16. The molecule has 0 bridgehead atoms. The largest absolute Gasteiger partial charge is 0.339 e. The van der Waals surface area contributed by atoms with Crippen molar-refractivity contribution in [1.29, 1.82) is 0 Å². The highest BCUT2D eigenvalue weighted by Crippen LogP contribution is 2.16. The van der Waals surface area contributed by atoms with Crippen molar-refractivity contribution < 1.29 is 4.52 Å². The fourth-order valence-electron chi connectivity index (χ4n) is 1.63. The van der Waals surface area contributed by atoms with Gasteiger partial charge in [-0.25, -0.2) is 4.98 Å². The van der Waals surface area contributed by atoms with Crippen molar-refractivity contribution in [2.45, 2.75) is 32.7 Å². The average Bonchev–Trinajstić information content (AvgIpc) is 2.98. The van der Waals surface area contributed by atoms with Gasteiger partial charge >= 0.3 is 0 Å². The van der Waals surface area contributed by atoms with Crippen LogP contribution in [0.2, 0.25) is 0 Å². The second-order valence-electron chi connectivity index (χ2n) is 3.75. The molecule has 0 spiro atoms. The van der Waals surface area contributed by atoms with Gasteiger partial charge in [-0.3, -0.25) is 0 Å². The van der Waals surface area contributed by atoms with E-state index >= 15 is 0 Å². The Labute approximate surface area is 104 Å². The summed E-state index contributed by atoms with van der Waals surface area (Å²) in [5, 5.41) is 9.23. The summed E-state index contributed by atoms with van der Waals surface area (Å²) in [7, 11) is 0. The Bertz CT molecular complexity index is 440. The van der Waals surface area contributed by atoms with Crippen LogP contribution in [0.15, 0.2) is 15.4 Å². The van der Waals surface area contributed by atoms with Crippen LogP contribution in [0.4, 0.5) is 0 Å². The molecule has 0 aliphatic heterocycles. The van der Waals surface area contributed by atoms with Crippen molar-refractivity contribution in [1.82, 2.24) is 20.4 Å². The number of thiazole rings is 1. The lowest BCUT2D eigenvalue weighted by atomic mass is 10.1. The predicted molar refractivity (Wildman–Crippen MR) is 66.9 cm³/mol. The molecule has 2 heterocycles. The Kier molecular flexibility index (Phi) is 4.22. The van der Waals surface area contributed by atoms with Crippen LogP contribution >= 0.6 is 11.3 Å². The normalized spacial score (nSPS) is 12.8. The van der Waals surface area contributed by atoms with Gasteiger partial charge in [0.05, 0.1) is 5.51 Å². The van der Waals surface area contributed by atoms with E-state index in [0.29, 0.717) is 17.8 Å². The molecule has 5 nitrogen and oxygen atoms in total. The highest BCUT2D eigenvalue weighted by Gasteiger charge is 2.14. The maximum atomic E-state index is 5.23. The van der Waals surface area contributed by atoms with E-state index in [-0.39, 0.29) is 0 Å². The molecule has 17 heavy (non-hydrogen) atoms. The SMILES string of the molecule is CCNC(CC)Cc1nc(-c2cscn2)no1. The third-order valence-corrected chi connectivity index (χ3v) is 3.12. The lowest BCUT2D eigenvalue weighted by molar-refractivity contribution is 0.355. The molecule has 1 unspecified atom stereocenters. The zero-order valence-electron chi connectivity index (χ0n) is 10.0. The van der Waals surface area contributed by atoms with Gasteiger partial charge in [0.1, 0.15) is 5.69 Å². The van der Waals surface area contributed by atoms with Gasteiger partial charge in [0.2, 0.25) is 11.7 Å². The van der Waals surface area contributed by atoms with Crippen LogP contribution in [0, 0.1) is 0 Å². The van der Waals surface area contributed by atoms with Crippen LogP contribution in [-0.4, -0.2) is 27.7 Å². The minimum atomic E-state index is 0.392. The van der Waals surface area contributed by atoms with Crippen LogP contribution in [-0.2, 0) is 6.42 Å². The monoisotopic (exact) mass is 252 g/mol. The highest BCUT2D eigenvalue weighted by atomic mass is 32.1. The number of hydrogen-bond acceptors (Lipinski definition) is 6. The molecule has 1 N–H and O–H groups in total. The van der Waals surface area contributed by atoms with Gasteiger partial charge in [0.25, 0.3) is 0 Å². The smallest absolute Gasteiger partial charge is 0.228 e. The molecule has 2 rings (SSSR count). The minimum Gasteiger partial charge on any atom is -0.339 e. The van der Waals surface area contributed by atoms with E-state index in [4.69, 9.17) is 4.52 Å². The lowest BCUT2D eigenvalue weighted by Gasteiger charge is -2.12. The Morgan fingerprint density at radius 1 is 1.47 bits per heavy atom. The van der Waals surface area contributed by atoms with Crippen molar-refractivity contribution >= 4 is 11.3 Å². The first-order valence-electron chi connectivity index (χ1n) is 5.78. The summed E-state index contributed by atoms with van der Waals surface area (Å²) in [6, 6.07) is 0.392. The molecule has 0 radical (unpaired) electrons. The van der Waals surface area contributed by atoms with E-state index in [1.54, 1.807) is 5.51 Å². The number of nitrogens with zero attached hydrogens (tertiary/aromatic N) is 3. The summed E-state index contributed by atoms with van der Waals surface area (Å²) < 4.78 is 5.23. The number of nitrogens with one attached hydrogen (secondary N) is 1. The van der Waals surface area contributed by atoms with Gasteiger partial charge in [0.15, 0.2) is 0 Å². The molecular weight excluding hydrogens is 236 g/mol. The van der Waals surface area contributed by atoms with Gasteiger partial charge in [-0.2, -0.15) is 4.98 Å². The summed E-state index contributed by atoms with van der Waals surface area (Å²) in [5.41, 5.74) is 2.54. The molecule has 0 aliphatic carbocycles. The van der Waals surface area contributed by atoms with E-state index in [9.17, 15) is 0 Å². The maximum Gasteiger partial charge on any atom is 0.228 e. The van der Waals surface area contributed by atoms with Gasteiger partial charge < -0.3 is 9.84 Å². The standard InChI is InChI=1S/C11H16N4OS/c1-3-8(12-4-2)5-10-14-11(15-16-10)9-6-17-7-13-9/h6-8,12H,3-5H2,1-2H3. The predicted octanol–water partition coefficient (Wildman–Crippen LogP) is 2.12. The first-order chi connectivity index (χ1) is 8.33. The first kappa shape index (κ1) is 12.2. The van der Waals surface area contributed by atoms with Gasteiger partial charge in [-0.05, 0) is 13.0 Å². The average molecular weight is 252 g/mol. The van der Waals surface area contributed by atoms with Crippen LogP contribution < -0.4 is 5.32 Å². The second kappa shape index (κ2) is 5.88. The molecule has 0 saturated carbocycles. The molecule has 2 aromatic heterocycles. The van der Waals surface area contributed by atoms with E-state index in [2.05, 4.69) is 34.3 Å². The quantitative estimate of drug-likeness (QED) is 0.853. The maximum absolute atomic E-state index is 5.23. The zero-order valence-corrected chi connectivity index (χ0v) is 10.8. The van der Waals surface area contributed by atoms with E-state index in [0.717, 1.165) is 25.1 Å². The second-order valence-corrected chi connectivity index (χ2v) is 4.47. The Hall–Kier alpha value is -1.27. The van der Waals surface area contributed by atoms with Gasteiger partial charge in [-0.15, -0.1) is 11.3 Å². The zero-order chi connectivity index (χ0) is 12.1. The molecule has 1 atom stereocenters. The third-order valence-electron chi connectivity index (χ3n) is 2.54. The van der Waals surface area contributed by atoms with Crippen LogP contribution in [0.1, 0.15) is 26.2 Å². The van der Waals surface area contributed by atoms with E-state index in [1.165, 1.54) is 11.3 Å². The van der Waals surface area contributed by atoms with E-state index in [1.807, 2.05) is 5.38 Å². The molecule has 0 aromatic carbocycles. The minimum absolute atomic E-state index is 0.392. The Morgan fingerprint density at radius 3 is 3.00 bits per heavy atom. The fraction of sp³-hybridized carbons (Fsp3) is 0.545. The van der Waals surface area contributed by atoms with Gasteiger partial charge in [-0.1, -0.05) is 19.0 Å². The van der Waals surface area contributed by atoms with Crippen LogP contribution in [0.25, 0.3) is 11.5 Å². The van der Waals surface area contributed by atoms with E-state index < -0.39 is 0 Å². The van der Waals surface area contributed by atoms with Crippen molar-refractivity contribution in [2.24, 2.45) is 0 Å². The molecule has 92 valence electrons. The topological polar surface area (TPSA) is 63.8 Å². The Balaban J connectivity index is 2.03. The summed E-state index contributed by atoms with van der Waals surface area (Å²) in [6.07, 6.45) is 1.81. The summed E-state index contributed by atoms with van der Waals surface area (Å²) >= 11 is 1.53. The Morgan fingerprint density at radius 2 is 2.35 bits per heavy atom. The lowest BCUT2D eigenvalue weighted by Crippen LogP contribution is -2.30. The highest BCUT2D eigenvalue weighted by molar-refractivity contribution is 7.07. The molecule has 0 amide bonds. The molecular formula is C11H16N4OS. The van der Waals surface area contributed by atoms with Crippen molar-refractivity contribution in [2.75, 3.05) is 6.54 Å². The molecule has 6 heteroatoms. The number of hydrogen-bond donors (Lipinski definition) is 1. The van der Waals surface area contributed by atoms with Crippen molar-refractivity contribution in [3.8, 4) is 11.5 Å². The van der Waals surface area contributed by atoms with Crippen molar-refractivity contribution in [3.63, 3.8) is 0 Å². The molecule has 0 aliphatic rings. The first-order valence-corrected chi connectivity index (χ1v) is 6.72. The van der Waals surface area contributed by atoms with Crippen LogP contribution in [0.5, 0.6) is 0 Å². The summed E-state index contributed by atoms with van der Waals surface area (Å²) in [4.78, 5) is 8.50. The van der Waals surface area contributed by atoms with Gasteiger partial charge in [0, 0.05) is 17.8 Å². The third kappa shape index (κ3) is 3.10. The van der Waals surface area contributed by atoms with Crippen molar-refractivity contribution in [3.05, 3.63) is 16.8 Å². The number of aromatic nitrogens is 3. The summed E-state index contributed by atoms with van der Waals surface area (Å²) in [6.45, 7) is 5.19. The molecule has 0 fully saturated rings. The summed E-state index contributed by atoms with van der Waals surface area (Å²) in [5.74, 6) is 1.24. The molecule has 0 saturated heterocycles.